The van der Waals surface area contributed by atoms with Crippen molar-refractivity contribution in [1.29, 1.82) is 0 Å². The molecule has 1 saturated carbocycles. The maximum absolute atomic E-state index is 12.2. The van der Waals surface area contributed by atoms with E-state index in [1.54, 1.807) is 6.07 Å². The van der Waals surface area contributed by atoms with Crippen LogP contribution in [-0.4, -0.2) is 48.1 Å². The number of nitrogens with one attached hydrogen (secondary N) is 1. The standard InChI is InChI=1S/C21H27ClN2O3/c22-17-3-1-2-15(12-17)13-19(25)23-14-18-6-7-21(27-18)8-10-24(11-9-21)20(26)16-4-5-16/h1-3,12,16,18H,4-11,13-14H2,(H,23,25). The number of piperidine rings is 1. The van der Waals surface area contributed by atoms with Crippen molar-refractivity contribution in [3.8, 4) is 0 Å². The summed E-state index contributed by atoms with van der Waals surface area (Å²) in [5.74, 6) is 0.630. The fourth-order valence-electron chi connectivity index (χ4n) is 4.25. The Morgan fingerprint density at radius 3 is 2.67 bits per heavy atom. The van der Waals surface area contributed by atoms with Gasteiger partial charge in [-0.05, 0) is 56.2 Å². The lowest BCUT2D eigenvalue weighted by Crippen LogP contribution is -2.47. The zero-order valence-corrected chi connectivity index (χ0v) is 16.3. The molecule has 5 nitrogen and oxygen atoms in total. The molecule has 2 aliphatic heterocycles. The first kappa shape index (κ1) is 18.8. The normalized spacial score (nSPS) is 24.2. The highest BCUT2D eigenvalue weighted by molar-refractivity contribution is 6.30. The average Bonchev–Trinajstić information content (AvgIpc) is 3.43. The molecule has 3 aliphatic rings. The number of hydrogen-bond acceptors (Lipinski definition) is 3. The number of carbonyl (C=O) groups is 2. The highest BCUT2D eigenvalue weighted by atomic mass is 35.5. The molecule has 0 radical (unpaired) electrons. The summed E-state index contributed by atoms with van der Waals surface area (Å²) >= 11 is 5.97. The van der Waals surface area contributed by atoms with Crippen LogP contribution in [0.25, 0.3) is 0 Å². The summed E-state index contributed by atoms with van der Waals surface area (Å²) < 4.78 is 6.34. The molecule has 1 aliphatic carbocycles. The van der Waals surface area contributed by atoms with Crippen molar-refractivity contribution >= 4 is 23.4 Å². The number of halogens is 1. The summed E-state index contributed by atoms with van der Waals surface area (Å²) in [6, 6.07) is 7.38. The van der Waals surface area contributed by atoms with Crippen molar-refractivity contribution in [3.05, 3.63) is 34.9 Å². The molecular weight excluding hydrogens is 364 g/mol. The number of likely N-dealkylation sites (tertiary alicyclic amines) is 1. The van der Waals surface area contributed by atoms with Gasteiger partial charge in [-0.2, -0.15) is 0 Å². The van der Waals surface area contributed by atoms with Crippen LogP contribution >= 0.6 is 11.6 Å². The van der Waals surface area contributed by atoms with E-state index < -0.39 is 0 Å². The largest absolute Gasteiger partial charge is 0.370 e. The van der Waals surface area contributed by atoms with Gasteiger partial charge in [0.15, 0.2) is 0 Å². The molecule has 1 aromatic rings. The van der Waals surface area contributed by atoms with E-state index in [2.05, 4.69) is 5.32 Å². The summed E-state index contributed by atoms with van der Waals surface area (Å²) in [7, 11) is 0. The average molecular weight is 391 g/mol. The second kappa shape index (κ2) is 7.80. The van der Waals surface area contributed by atoms with E-state index in [1.165, 1.54) is 0 Å². The van der Waals surface area contributed by atoms with Gasteiger partial charge in [0.05, 0.1) is 18.1 Å². The molecule has 1 spiro atoms. The molecular formula is C21H27ClN2O3. The zero-order valence-electron chi connectivity index (χ0n) is 15.6. The van der Waals surface area contributed by atoms with Crippen LogP contribution in [-0.2, 0) is 20.7 Å². The minimum absolute atomic E-state index is 0.00772. The first-order chi connectivity index (χ1) is 13.0. The van der Waals surface area contributed by atoms with E-state index in [4.69, 9.17) is 16.3 Å². The Labute approximate surface area is 165 Å². The first-order valence-electron chi connectivity index (χ1n) is 10.0. The minimum atomic E-state index is -0.0946. The van der Waals surface area contributed by atoms with E-state index in [9.17, 15) is 9.59 Å². The molecule has 2 amide bonds. The van der Waals surface area contributed by atoms with Crippen molar-refractivity contribution in [2.24, 2.45) is 5.92 Å². The number of carbonyl (C=O) groups excluding carboxylic acids is 2. The van der Waals surface area contributed by atoms with Crippen LogP contribution in [0.2, 0.25) is 5.02 Å². The van der Waals surface area contributed by atoms with Gasteiger partial charge in [0.1, 0.15) is 0 Å². The van der Waals surface area contributed by atoms with Crippen molar-refractivity contribution in [2.45, 2.75) is 56.7 Å². The molecule has 1 N–H and O–H groups in total. The second-order valence-electron chi connectivity index (χ2n) is 8.17. The van der Waals surface area contributed by atoms with E-state index >= 15 is 0 Å². The lowest BCUT2D eigenvalue weighted by molar-refractivity contribution is -0.139. The van der Waals surface area contributed by atoms with Gasteiger partial charge in [-0.1, -0.05) is 23.7 Å². The Bertz CT molecular complexity index is 711. The Morgan fingerprint density at radius 1 is 1.19 bits per heavy atom. The molecule has 2 saturated heterocycles. The van der Waals surface area contributed by atoms with E-state index in [0.29, 0.717) is 29.8 Å². The molecule has 27 heavy (non-hydrogen) atoms. The summed E-state index contributed by atoms with van der Waals surface area (Å²) in [5.41, 5.74) is 0.819. The fraction of sp³-hybridized carbons (Fsp3) is 0.619. The van der Waals surface area contributed by atoms with Crippen LogP contribution in [0.3, 0.4) is 0 Å². The molecule has 0 aromatic heterocycles. The van der Waals surface area contributed by atoms with Gasteiger partial charge in [-0.3, -0.25) is 9.59 Å². The minimum Gasteiger partial charge on any atom is -0.370 e. The number of benzene rings is 1. The SMILES string of the molecule is O=C(Cc1cccc(Cl)c1)NCC1CCC2(CCN(C(=O)C3CC3)CC2)O1. The van der Waals surface area contributed by atoms with Gasteiger partial charge < -0.3 is 15.0 Å². The first-order valence-corrected chi connectivity index (χ1v) is 10.4. The smallest absolute Gasteiger partial charge is 0.225 e. The summed E-state index contributed by atoms with van der Waals surface area (Å²) in [4.78, 5) is 26.4. The molecule has 146 valence electrons. The Kier molecular flexibility index (Phi) is 5.42. The third-order valence-corrected chi connectivity index (χ3v) is 6.27. The molecule has 6 heteroatoms. The third kappa shape index (κ3) is 4.64. The number of rotatable bonds is 5. The molecule has 4 rings (SSSR count). The maximum atomic E-state index is 12.2. The van der Waals surface area contributed by atoms with E-state index in [1.807, 2.05) is 23.1 Å². The van der Waals surface area contributed by atoms with Gasteiger partial charge in [0.25, 0.3) is 0 Å². The quantitative estimate of drug-likeness (QED) is 0.840. The number of amides is 2. The van der Waals surface area contributed by atoms with Crippen LogP contribution < -0.4 is 5.32 Å². The molecule has 1 atom stereocenters. The van der Waals surface area contributed by atoms with Crippen LogP contribution in [0, 0.1) is 5.92 Å². The van der Waals surface area contributed by atoms with E-state index in [-0.39, 0.29) is 17.6 Å². The second-order valence-corrected chi connectivity index (χ2v) is 8.61. The number of ether oxygens (including phenoxy) is 1. The van der Waals surface area contributed by atoms with Crippen LogP contribution in [0.1, 0.15) is 44.1 Å². The predicted molar refractivity (Wildman–Crippen MR) is 104 cm³/mol. The van der Waals surface area contributed by atoms with Gasteiger partial charge in [0.2, 0.25) is 11.8 Å². The fourth-order valence-corrected chi connectivity index (χ4v) is 4.47. The van der Waals surface area contributed by atoms with Crippen LogP contribution in [0.4, 0.5) is 0 Å². The van der Waals surface area contributed by atoms with Gasteiger partial charge in [0, 0.05) is 30.6 Å². The van der Waals surface area contributed by atoms with Gasteiger partial charge in [-0.25, -0.2) is 0 Å². The molecule has 0 bridgehead atoms. The van der Waals surface area contributed by atoms with Crippen molar-refractivity contribution < 1.29 is 14.3 Å². The molecule has 3 fully saturated rings. The molecule has 1 unspecified atom stereocenters. The lowest BCUT2D eigenvalue weighted by Gasteiger charge is -2.39. The summed E-state index contributed by atoms with van der Waals surface area (Å²) in [6.45, 7) is 2.16. The molecule has 1 aromatic carbocycles. The van der Waals surface area contributed by atoms with Crippen molar-refractivity contribution in [1.82, 2.24) is 10.2 Å². The number of hydrogen-bond donors (Lipinski definition) is 1. The topological polar surface area (TPSA) is 58.6 Å². The van der Waals surface area contributed by atoms with E-state index in [0.717, 1.165) is 57.2 Å². The van der Waals surface area contributed by atoms with Crippen LogP contribution in [0.5, 0.6) is 0 Å². The summed E-state index contributed by atoms with van der Waals surface area (Å²) in [6.07, 6.45) is 6.34. The van der Waals surface area contributed by atoms with Crippen molar-refractivity contribution in [3.63, 3.8) is 0 Å². The third-order valence-electron chi connectivity index (χ3n) is 6.03. The predicted octanol–water partition coefficient (Wildman–Crippen LogP) is 2.95. The summed E-state index contributed by atoms with van der Waals surface area (Å²) in [5, 5.41) is 3.64. The monoisotopic (exact) mass is 390 g/mol. The van der Waals surface area contributed by atoms with Gasteiger partial charge in [-0.15, -0.1) is 0 Å². The lowest BCUT2D eigenvalue weighted by atomic mass is 9.88. The highest BCUT2D eigenvalue weighted by Gasteiger charge is 2.44. The Balaban J connectivity index is 1.21. The highest BCUT2D eigenvalue weighted by Crippen LogP contribution is 2.40. The van der Waals surface area contributed by atoms with Crippen LogP contribution in [0.15, 0.2) is 24.3 Å². The van der Waals surface area contributed by atoms with Gasteiger partial charge >= 0.3 is 0 Å². The Hall–Kier alpha value is -1.59. The number of nitrogens with zero attached hydrogens (tertiary/aromatic N) is 1. The molecule has 2 heterocycles. The zero-order chi connectivity index (χ0) is 18.9. The van der Waals surface area contributed by atoms with Crippen molar-refractivity contribution in [2.75, 3.05) is 19.6 Å². The Morgan fingerprint density at radius 2 is 1.96 bits per heavy atom. The maximum Gasteiger partial charge on any atom is 0.225 e.